The molecule has 4 aliphatic rings. The minimum absolute atomic E-state index is 0.0462. The van der Waals surface area contributed by atoms with Gasteiger partial charge < -0.3 is 48.4 Å². The summed E-state index contributed by atoms with van der Waals surface area (Å²) in [5, 5.41) is 2.74. The number of piperazine rings is 1. The van der Waals surface area contributed by atoms with Crippen LogP contribution in [0.1, 0.15) is 115 Å². The van der Waals surface area contributed by atoms with Gasteiger partial charge in [-0.2, -0.15) is 0 Å². The summed E-state index contributed by atoms with van der Waals surface area (Å²) in [6, 6.07) is 8.98. The van der Waals surface area contributed by atoms with Crippen molar-refractivity contribution < 1.29 is 66.0 Å². The molecule has 20 nitrogen and oxygen atoms in total. The second-order valence-electron chi connectivity index (χ2n) is 17.3. The number of unbranched alkanes of at least 4 members (excludes halogenated alkanes) is 1. The van der Waals surface area contributed by atoms with Crippen LogP contribution in [0.15, 0.2) is 36.4 Å². The molecule has 21 heteroatoms. The molecule has 3 unspecified atom stereocenters. The minimum atomic E-state index is -4.74. The number of ether oxygens (including phenoxy) is 6. The fourth-order valence-electron chi connectivity index (χ4n) is 8.49. The lowest BCUT2D eigenvalue weighted by Gasteiger charge is -2.36. The van der Waals surface area contributed by atoms with E-state index < -0.39 is 62.6 Å². The van der Waals surface area contributed by atoms with E-state index in [2.05, 4.69) is 10.3 Å². The highest BCUT2D eigenvalue weighted by Gasteiger charge is 2.42. The number of carbonyl (C=O) groups excluding carboxylic acids is 5. The molecule has 2 aliphatic carbocycles. The van der Waals surface area contributed by atoms with Gasteiger partial charge in [0.25, 0.3) is 5.91 Å². The first-order valence-corrected chi connectivity index (χ1v) is 25.5. The van der Waals surface area contributed by atoms with E-state index in [0.717, 1.165) is 51.4 Å². The van der Waals surface area contributed by atoms with Gasteiger partial charge in [0.2, 0.25) is 18.5 Å². The molecule has 2 aromatic rings. The highest BCUT2D eigenvalue weighted by atomic mass is 31.2. The Balaban J connectivity index is 1.27. The predicted molar refractivity (Wildman–Crippen MR) is 243 cm³/mol. The van der Waals surface area contributed by atoms with Crippen molar-refractivity contribution in [2.45, 2.75) is 141 Å². The Morgan fingerprint density at radius 2 is 1.34 bits per heavy atom. The molecule has 2 aliphatic heterocycles. The summed E-state index contributed by atoms with van der Waals surface area (Å²) in [6.45, 7) is 6.31. The summed E-state index contributed by atoms with van der Waals surface area (Å²) in [7, 11) is -3.11. The summed E-state index contributed by atoms with van der Waals surface area (Å²) in [4.78, 5) is 82.2. The van der Waals surface area contributed by atoms with E-state index in [1.807, 2.05) is 42.2 Å². The van der Waals surface area contributed by atoms with Gasteiger partial charge in [0.1, 0.15) is 29.8 Å². The van der Waals surface area contributed by atoms with Crippen molar-refractivity contribution in [2.75, 3.05) is 64.0 Å². The standard InChI is InChI=1S/C46H67N6O14P/c1-5-6-28-60-44(55)51-26-24-50(25-27-51)43(54)39(48-42(53)38-29-40(52-23-22-37(30-52)59-4)49-41(47-38)34-16-10-7-11-17-34)31-67(58,65-32(2)61-45(56)63-35-18-12-8-13-19-35)66-33(3)62-46(57)64-36-20-14-9-15-21-36/h7,10-11,16-17,29,32-33,35-37,39H,5-6,8-9,12-15,18-28,30-31H2,1-4H3,(H,48,53)/t32-,33?,37+,39?,67?/m1/s1. The number of carbonyl (C=O) groups is 5. The first-order valence-electron chi connectivity index (χ1n) is 23.7. The first-order chi connectivity index (χ1) is 32.3. The van der Waals surface area contributed by atoms with Crippen LogP contribution in [0.4, 0.5) is 20.2 Å². The lowest BCUT2D eigenvalue weighted by molar-refractivity contribution is -0.134. The van der Waals surface area contributed by atoms with Gasteiger partial charge >= 0.3 is 26.0 Å². The maximum absolute atomic E-state index is 15.1. The first kappa shape index (κ1) is 51.4. The monoisotopic (exact) mass is 958 g/mol. The second kappa shape index (κ2) is 25.4. The smallest absolute Gasteiger partial charge is 0.449 e. The third-order valence-electron chi connectivity index (χ3n) is 12.1. The zero-order valence-corrected chi connectivity index (χ0v) is 40.1. The molecule has 3 heterocycles. The third kappa shape index (κ3) is 15.8. The zero-order valence-electron chi connectivity index (χ0n) is 39.2. The van der Waals surface area contributed by atoms with Gasteiger partial charge in [0.15, 0.2) is 5.82 Å². The average molecular weight is 959 g/mol. The number of anilines is 1. The van der Waals surface area contributed by atoms with E-state index in [4.69, 9.17) is 42.5 Å². The quantitative estimate of drug-likeness (QED) is 0.0475. The van der Waals surface area contributed by atoms with Crippen LogP contribution in [0.5, 0.6) is 0 Å². The van der Waals surface area contributed by atoms with Gasteiger partial charge in [0.05, 0.1) is 18.9 Å². The molecule has 3 amide bonds. The zero-order chi connectivity index (χ0) is 47.8. The van der Waals surface area contributed by atoms with Crippen LogP contribution < -0.4 is 10.2 Å². The van der Waals surface area contributed by atoms with Gasteiger partial charge in [-0.1, -0.05) is 56.5 Å². The van der Waals surface area contributed by atoms with Crippen LogP contribution in [0.2, 0.25) is 0 Å². The van der Waals surface area contributed by atoms with Crippen molar-refractivity contribution in [3.8, 4) is 11.4 Å². The molecule has 0 spiro atoms. The molecule has 1 N–H and O–H groups in total. The molecule has 4 fully saturated rings. The molecule has 0 radical (unpaired) electrons. The third-order valence-corrected chi connectivity index (χ3v) is 14.2. The molecule has 2 saturated carbocycles. The molecule has 2 saturated heterocycles. The van der Waals surface area contributed by atoms with Gasteiger partial charge in [-0.25, -0.2) is 24.4 Å². The lowest BCUT2D eigenvalue weighted by atomic mass is 9.98. The fraction of sp³-hybridized carbons (Fsp3) is 0.674. The van der Waals surface area contributed by atoms with Gasteiger partial charge in [-0.15, -0.1) is 0 Å². The summed E-state index contributed by atoms with van der Waals surface area (Å²) in [6.07, 6.45) is 3.27. The largest absolute Gasteiger partial charge is 0.510 e. The molecule has 1 aromatic carbocycles. The summed E-state index contributed by atoms with van der Waals surface area (Å²) in [5.74, 6) is -0.788. The number of hydrogen-bond donors (Lipinski definition) is 1. The van der Waals surface area contributed by atoms with E-state index >= 15 is 4.57 Å². The molecule has 0 bridgehead atoms. The number of rotatable bonds is 19. The molecule has 67 heavy (non-hydrogen) atoms. The number of nitrogens with one attached hydrogen (secondary N) is 1. The molecule has 1 aromatic heterocycles. The minimum Gasteiger partial charge on any atom is -0.449 e. The number of benzene rings is 1. The molecule has 5 atom stereocenters. The van der Waals surface area contributed by atoms with Crippen LogP contribution in [0.3, 0.4) is 0 Å². The summed E-state index contributed by atoms with van der Waals surface area (Å²) in [5.41, 5.74) is 0.543. The van der Waals surface area contributed by atoms with Crippen molar-refractivity contribution in [3.63, 3.8) is 0 Å². The molecular weight excluding hydrogens is 892 g/mol. The maximum Gasteiger partial charge on any atom is 0.510 e. The number of hydrogen-bond acceptors (Lipinski definition) is 17. The van der Waals surface area contributed by atoms with Crippen molar-refractivity contribution in [1.29, 1.82) is 0 Å². The normalized spacial score (nSPS) is 20.5. The van der Waals surface area contributed by atoms with Crippen molar-refractivity contribution in [3.05, 3.63) is 42.1 Å². The lowest BCUT2D eigenvalue weighted by Crippen LogP contribution is -2.57. The van der Waals surface area contributed by atoms with Crippen LogP contribution in [0, 0.1) is 0 Å². The Hall–Kier alpha value is -5.04. The van der Waals surface area contributed by atoms with Crippen LogP contribution in [-0.4, -0.2) is 146 Å². The number of aromatic nitrogens is 2. The predicted octanol–water partition coefficient (Wildman–Crippen LogP) is 7.44. The number of amides is 3. The van der Waals surface area contributed by atoms with E-state index in [1.54, 1.807) is 7.11 Å². The number of nitrogens with zero attached hydrogens (tertiary/aromatic N) is 5. The topological polar surface area (TPSA) is 224 Å². The van der Waals surface area contributed by atoms with Gasteiger partial charge in [0, 0.05) is 58.0 Å². The Bertz CT molecular complexity index is 1950. The van der Waals surface area contributed by atoms with Gasteiger partial charge in [-0.05, 0) is 78.1 Å². The SMILES string of the molecule is CCCCOC(=O)N1CCN(C(=O)C(CP(=O)(OC(C)OC(=O)OC2CCCCC2)O[C@H](C)OC(=O)OC2CCCCC2)NC(=O)c2cc(N3CC[C@H](OC)C3)nc(-c3ccccc3)n2)CC1. The van der Waals surface area contributed by atoms with Crippen LogP contribution in [0.25, 0.3) is 11.4 Å². The average Bonchev–Trinajstić information content (AvgIpc) is 3.81. The van der Waals surface area contributed by atoms with Crippen LogP contribution in [-0.2, 0) is 46.8 Å². The second-order valence-corrected chi connectivity index (χ2v) is 19.3. The molecule has 6 rings (SSSR count). The van der Waals surface area contributed by atoms with Crippen molar-refractivity contribution >= 4 is 43.6 Å². The summed E-state index contributed by atoms with van der Waals surface area (Å²) < 4.78 is 59.7. The number of methoxy groups -OCH3 is 1. The fourth-order valence-corrected chi connectivity index (χ4v) is 10.4. The van der Waals surface area contributed by atoms with Crippen molar-refractivity contribution in [2.24, 2.45) is 0 Å². The Morgan fingerprint density at radius 3 is 1.90 bits per heavy atom. The van der Waals surface area contributed by atoms with Gasteiger partial charge in [-0.3, -0.25) is 23.2 Å². The van der Waals surface area contributed by atoms with E-state index in [9.17, 15) is 24.0 Å². The highest BCUT2D eigenvalue weighted by Crippen LogP contribution is 2.51. The Morgan fingerprint density at radius 1 is 0.761 bits per heavy atom. The molecular formula is C46H67N6O14P. The highest BCUT2D eigenvalue weighted by molar-refractivity contribution is 7.54. The summed E-state index contributed by atoms with van der Waals surface area (Å²) >= 11 is 0. The van der Waals surface area contributed by atoms with Crippen LogP contribution >= 0.6 is 7.60 Å². The van der Waals surface area contributed by atoms with E-state index in [0.29, 0.717) is 56.6 Å². The Labute approximate surface area is 392 Å². The van der Waals surface area contributed by atoms with E-state index in [1.165, 1.54) is 29.7 Å². The Kier molecular flexibility index (Phi) is 19.4. The van der Waals surface area contributed by atoms with Crippen molar-refractivity contribution in [1.82, 2.24) is 25.1 Å². The molecule has 370 valence electrons. The maximum atomic E-state index is 15.1. The van der Waals surface area contributed by atoms with E-state index in [-0.39, 0.29) is 62.6 Å².